The van der Waals surface area contributed by atoms with Gasteiger partial charge in [0.05, 0.1) is 0 Å². The number of benzene rings is 3. The van der Waals surface area contributed by atoms with Crippen molar-refractivity contribution in [2.24, 2.45) is 0 Å². The van der Waals surface area contributed by atoms with Gasteiger partial charge in [-0.05, 0) is 56.2 Å². The maximum Gasteiger partial charge on any atom is 0.262 e. The summed E-state index contributed by atoms with van der Waals surface area (Å²) in [6.07, 6.45) is 0. The summed E-state index contributed by atoms with van der Waals surface area (Å²) in [6, 6.07) is 22.3. The van der Waals surface area contributed by atoms with Gasteiger partial charge in [0.25, 0.3) is 11.8 Å². The predicted molar refractivity (Wildman–Crippen MR) is 125 cm³/mol. The number of hydrogen-bond acceptors (Lipinski definition) is 4. The number of carbonyl (C=O) groups is 2. The number of carbonyl (C=O) groups excluding carboxylic acids is 2. The van der Waals surface area contributed by atoms with Crippen LogP contribution in [-0.2, 0) is 11.4 Å². The van der Waals surface area contributed by atoms with Crippen LogP contribution in [0.3, 0.4) is 0 Å². The molecule has 0 atom stereocenters. The molecule has 0 saturated carbocycles. The van der Waals surface area contributed by atoms with E-state index < -0.39 is 0 Å². The topological polar surface area (TPSA) is 76.7 Å². The molecular weight excluding hydrogens is 404 g/mol. The van der Waals surface area contributed by atoms with E-state index in [4.69, 9.17) is 9.47 Å². The van der Waals surface area contributed by atoms with Gasteiger partial charge in [0, 0.05) is 17.3 Å². The Kier molecular flexibility index (Phi) is 7.86. The molecule has 3 rings (SSSR count). The molecule has 0 aliphatic heterocycles. The molecule has 0 bridgehead atoms. The fraction of sp³-hybridized carbons (Fsp3) is 0.231. The molecule has 2 N–H and O–H groups in total. The lowest BCUT2D eigenvalue weighted by atomic mass is 10.1. The maximum atomic E-state index is 12.4. The minimum absolute atomic E-state index is 0.0257. The Bertz CT molecular complexity index is 1060. The first-order chi connectivity index (χ1) is 15.4. The Balaban J connectivity index is 1.59. The second-order valence-corrected chi connectivity index (χ2v) is 7.72. The molecule has 0 radical (unpaired) electrons. The van der Waals surface area contributed by atoms with Gasteiger partial charge in [-0.3, -0.25) is 9.59 Å². The molecular formula is C26H28N2O4. The minimum atomic E-state index is -0.332. The lowest BCUT2D eigenvalue weighted by Gasteiger charge is -2.14. The highest BCUT2D eigenvalue weighted by atomic mass is 16.5. The molecule has 166 valence electrons. The van der Waals surface area contributed by atoms with Crippen LogP contribution >= 0.6 is 0 Å². The van der Waals surface area contributed by atoms with Crippen LogP contribution in [0.4, 0.5) is 5.69 Å². The van der Waals surface area contributed by atoms with Gasteiger partial charge in [-0.25, -0.2) is 0 Å². The number of rotatable bonds is 9. The van der Waals surface area contributed by atoms with E-state index in [1.54, 1.807) is 30.3 Å². The molecule has 0 fully saturated rings. The van der Waals surface area contributed by atoms with Gasteiger partial charge in [0.1, 0.15) is 6.61 Å². The van der Waals surface area contributed by atoms with E-state index >= 15 is 0 Å². The summed E-state index contributed by atoms with van der Waals surface area (Å²) in [5.41, 5.74) is 2.93. The first kappa shape index (κ1) is 22.9. The number of nitrogens with one attached hydrogen (secondary N) is 2. The average molecular weight is 433 g/mol. The number of hydrogen-bond donors (Lipinski definition) is 2. The van der Waals surface area contributed by atoms with E-state index in [1.807, 2.05) is 63.2 Å². The Morgan fingerprint density at radius 2 is 1.53 bits per heavy atom. The van der Waals surface area contributed by atoms with E-state index in [1.165, 1.54) is 0 Å². The molecule has 0 saturated heterocycles. The van der Waals surface area contributed by atoms with Crippen LogP contribution in [0.5, 0.6) is 11.5 Å². The van der Waals surface area contributed by atoms with Crippen LogP contribution in [0.25, 0.3) is 0 Å². The monoisotopic (exact) mass is 432 g/mol. The van der Waals surface area contributed by atoms with Gasteiger partial charge >= 0.3 is 0 Å². The quantitative estimate of drug-likeness (QED) is 0.513. The van der Waals surface area contributed by atoms with Crippen LogP contribution < -0.4 is 20.1 Å². The third-order valence-corrected chi connectivity index (χ3v) is 4.63. The lowest BCUT2D eigenvalue weighted by molar-refractivity contribution is -0.118. The Labute approximate surface area is 188 Å². The van der Waals surface area contributed by atoms with Crippen molar-refractivity contribution in [3.8, 4) is 11.5 Å². The summed E-state index contributed by atoms with van der Waals surface area (Å²) < 4.78 is 11.6. The number of ether oxygens (including phenoxy) is 2. The molecule has 32 heavy (non-hydrogen) atoms. The van der Waals surface area contributed by atoms with E-state index in [2.05, 4.69) is 10.6 Å². The summed E-state index contributed by atoms with van der Waals surface area (Å²) in [5.74, 6) is 0.544. The van der Waals surface area contributed by atoms with Crippen molar-refractivity contribution < 1.29 is 19.1 Å². The van der Waals surface area contributed by atoms with Crippen molar-refractivity contribution in [1.29, 1.82) is 0 Å². The van der Waals surface area contributed by atoms with Crippen molar-refractivity contribution in [2.75, 3.05) is 11.9 Å². The zero-order valence-corrected chi connectivity index (χ0v) is 18.6. The van der Waals surface area contributed by atoms with Crippen molar-refractivity contribution in [3.05, 3.63) is 89.5 Å². The molecule has 0 heterocycles. The van der Waals surface area contributed by atoms with Crippen LogP contribution in [0.15, 0.2) is 72.8 Å². The Morgan fingerprint density at radius 1 is 0.875 bits per heavy atom. The molecule has 0 aromatic heterocycles. The number of para-hydroxylation sites is 2. The van der Waals surface area contributed by atoms with Crippen LogP contribution in [0.2, 0.25) is 0 Å². The standard InChI is InChI=1S/C26H28N2O4/c1-18(2)27-26(30)22-15-21(14-13-19(22)3)28-25(29)17-32-24-12-8-7-11-23(24)31-16-20-9-5-4-6-10-20/h4-15,18H,16-17H2,1-3H3,(H,27,30)(H,28,29). The number of aryl methyl sites for hydroxylation is 1. The Hall–Kier alpha value is -3.80. The van der Waals surface area contributed by atoms with Crippen molar-refractivity contribution >= 4 is 17.5 Å². The summed E-state index contributed by atoms with van der Waals surface area (Å²) in [7, 11) is 0. The van der Waals surface area contributed by atoms with Crippen molar-refractivity contribution in [2.45, 2.75) is 33.4 Å². The average Bonchev–Trinajstić information content (AvgIpc) is 2.78. The SMILES string of the molecule is Cc1ccc(NC(=O)COc2ccccc2OCc2ccccc2)cc1C(=O)NC(C)C. The van der Waals surface area contributed by atoms with E-state index in [0.29, 0.717) is 29.4 Å². The third kappa shape index (κ3) is 6.60. The van der Waals surface area contributed by atoms with Gasteiger partial charge < -0.3 is 20.1 Å². The molecule has 0 aliphatic rings. The van der Waals surface area contributed by atoms with Crippen molar-refractivity contribution in [1.82, 2.24) is 5.32 Å². The molecule has 6 nitrogen and oxygen atoms in total. The fourth-order valence-corrected chi connectivity index (χ4v) is 3.05. The van der Waals surface area contributed by atoms with Gasteiger partial charge in [-0.1, -0.05) is 48.5 Å². The summed E-state index contributed by atoms with van der Waals surface area (Å²) in [5, 5.41) is 5.65. The number of amides is 2. The summed E-state index contributed by atoms with van der Waals surface area (Å²) in [6.45, 7) is 5.87. The molecule has 2 amide bonds. The third-order valence-electron chi connectivity index (χ3n) is 4.63. The van der Waals surface area contributed by atoms with Crippen LogP contribution in [0, 0.1) is 6.92 Å². The van der Waals surface area contributed by atoms with Gasteiger partial charge in [0.15, 0.2) is 18.1 Å². The number of anilines is 1. The summed E-state index contributed by atoms with van der Waals surface area (Å²) in [4.78, 5) is 24.8. The first-order valence-corrected chi connectivity index (χ1v) is 10.5. The summed E-state index contributed by atoms with van der Waals surface area (Å²) >= 11 is 0. The van der Waals surface area contributed by atoms with Crippen LogP contribution in [-0.4, -0.2) is 24.5 Å². The Morgan fingerprint density at radius 3 is 2.22 bits per heavy atom. The highest BCUT2D eigenvalue weighted by molar-refractivity contribution is 5.98. The zero-order valence-electron chi connectivity index (χ0n) is 18.6. The molecule has 3 aromatic carbocycles. The normalized spacial score (nSPS) is 10.5. The fourth-order valence-electron chi connectivity index (χ4n) is 3.05. The van der Waals surface area contributed by atoms with Crippen molar-refractivity contribution in [3.63, 3.8) is 0 Å². The smallest absolute Gasteiger partial charge is 0.262 e. The van der Waals surface area contributed by atoms with Gasteiger partial charge in [0.2, 0.25) is 0 Å². The van der Waals surface area contributed by atoms with Crippen LogP contribution in [0.1, 0.15) is 35.3 Å². The second-order valence-electron chi connectivity index (χ2n) is 7.72. The van der Waals surface area contributed by atoms with Gasteiger partial charge in [-0.15, -0.1) is 0 Å². The van der Waals surface area contributed by atoms with Gasteiger partial charge in [-0.2, -0.15) is 0 Å². The van der Waals surface area contributed by atoms with E-state index in [0.717, 1.165) is 11.1 Å². The predicted octanol–water partition coefficient (Wildman–Crippen LogP) is 4.73. The highest BCUT2D eigenvalue weighted by Gasteiger charge is 2.13. The maximum absolute atomic E-state index is 12.4. The molecule has 0 spiro atoms. The lowest BCUT2D eigenvalue weighted by Crippen LogP contribution is -2.30. The molecule has 0 aliphatic carbocycles. The van der Waals surface area contributed by atoms with E-state index in [9.17, 15) is 9.59 Å². The molecule has 6 heteroatoms. The van der Waals surface area contributed by atoms with E-state index in [-0.39, 0.29) is 24.5 Å². The molecule has 0 unspecified atom stereocenters. The first-order valence-electron chi connectivity index (χ1n) is 10.5. The highest BCUT2D eigenvalue weighted by Crippen LogP contribution is 2.27. The minimum Gasteiger partial charge on any atom is -0.485 e. The molecule has 3 aromatic rings. The zero-order chi connectivity index (χ0) is 22.9. The largest absolute Gasteiger partial charge is 0.485 e. The second kappa shape index (κ2) is 11.0.